The number of nitrogen functional groups attached to an aromatic ring is 2. The van der Waals surface area contributed by atoms with Crippen molar-refractivity contribution in [3.63, 3.8) is 0 Å². The highest BCUT2D eigenvalue weighted by Gasteiger charge is 2.07. The summed E-state index contributed by atoms with van der Waals surface area (Å²) < 4.78 is 10.9. The molecule has 0 unspecified atom stereocenters. The van der Waals surface area contributed by atoms with Crippen LogP contribution >= 0.6 is 0 Å². The van der Waals surface area contributed by atoms with Crippen molar-refractivity contribution in [3.8, 4) is 11.5 Å². The molecule has 0 radical (unpaired) electrons. The van der Waals surface area contributed by atoms with Crippen molar-refractivity contribution in [3.05, 3.63) is 59.7 Å². The van der Waals surface area contributed by atoms with E-state index in [-0.39, 0.29) is 24.9 Å². The van der Waals surface area contributed by atoms with Crippen molar-refractivity contribution in [2.75, 3.05) is 13.2 Å². The first kappa shape index (κ1) is 17.3. The van der Waals surface area contributed by atoms with E-state index >= 15 is 0 Å². The third-order valence-electron chi connectivity index (χ3n) is 3.22. The maximum absolute atomic E-state index is 9.90. The summed E-state index contributed by atoms with van der Waals surface area (Å²) in [4.78, 5) is 0. The van der Waals surface area contributed by atoms with Crippen molar-refractivity contribution < 1.29 is 14.6 Å². The highest BCUT2D eigenvalue weighted by molar-refractivity contribution is 5.95. The minimum absolute atomic E-state index is 0.00854. The van der Waals surface area contributed by atoms with E-state index in [4.69, 9.17) is 31.8 Å². The molecule has 2 aromatic carbocycles. The van der Waals surface area contributed by atoms with E-state index in [9.17, 15) is 5.11 Å². The molecule has 0 aliphatic heterocycles. The summed E-state index contributed by atoms with van der Waals surface area (Å²) in [6.07, 6.45) is -0.801. The summed E-state index contributed by atoms with van der Waals surface area (Å²) in [5.41, 5.74) is 12.0. The topological polar surface area (TPSA) is 138 Å². The number of nitrogens with two attached hydrogens (primary N) is 2. The lowest BCUT2D eigenvalue weighted by Gasteiger charge is -2.14. The van der Waals surface area contributed by atoms with Crippen molar-refractivity contribution in [1.29, 1.82) is 10.8 Å². The Bertz CT molecular complexity index is 637. The SMILES string of the molecule is N=C(N)c1ccc(OCC(O)COc2ccc(C(=N)N)cc2)cc1. The van der Waals surface area contributed by atoms with Gasteiger partial charge in [0.25, 0.3) is 0 Å². The molecule has 0 atom stereocenters. The van der Waals surface area contributed by atoms with Crippen LogP contribution in [0.1, 0.15) is 11.1 Å². The summed E-state index contributed by atoms with van der Waals surface area (Å²) in [5, 5.41) is 24.5. The fraction of sp³-hybridized carbons (Fsp3) is 0.176. The molecule has 2 aromatic rings. The first-order valence-electron chi connectivity index (χ1n) is 7.28. The van der Waals surface area contributed by atoms with Crippen LogP contribution < -0.4 is 20.9 Å². The third kappa shape index (κ3) is 4.99. The van der Waals surface area contributed by atoms with Gasteiger partial charge in [-0.25, -0.2) is 0 Å². The van der Waals surface area contributed by atoms with Gasteiger partial charge in [-0.1, -0.05) is 0 Å². The standard InChI is InChI=1S/C17H20N4O3/c18-16(19)11-1-5-14(6-2-11)23-9-13(22)10-24-15-7-3-12(4-8-15)17(20)21/h1-8,13,22H,9-10H2,(H3,18,19)(H3,20,21). The number of rotatable bonds is 8. The summed E-state index contributed by atoms with van der Waals surface area (Å²) >= 11 is 0. The zero-order chi connectivity index (χ0) is 17.5. The Kier molecular flexibility index (Phi) is 5.75. The largest absolute Gasteiger partial charge is 0.491 e. The number of aliphatic hydroxyl groups excluding tert-OH is 1. The highest BCUT2D eigenvalue weighted by Crippen LogP contribution is 2.14. The van der Waals surface area contributed by atoms with Gasteiger partial charge in [0.05, 0.1) is 0 Å². The molecule has 0 aliphatic carbocycles. The van der Waals surface area contributed by atoms with Gasteiger partial charge in [-0.05, 0) is 48.5 Å². The molecule has 0 amide bonds. The second kappa shape index (κ2) is 7.98. The van der Waals surface area contributed by atoms with Crippen LogP contribution in [0.5, 0.6) is 11.5 Å². The Morgan fingerprint density at radius 3 is 1.42 bits per heavy atom. The molecule has 24 heavy (non-hydrogen) atoms. The number of benzene rings is 2. The predicted octanol–water partition coefficient (Wildman–Crippen LogP) is 1.07. The van der Waals surface area contributed by atoms with Gasteiger partial charge in [0.15, 0.2) is 0 Å². The first-order chi connectivity index (χ1) is 11.5. The van der Waals surface area contributed by atoms with Gasteiger partial charge < -0.3 is 26.0 Å². The number of hydrogen-bond donors (Lipinski definition) is 5. The molecular weight excluding hydrogens is 308 g/mol. The zero-order valence-corrected chi connectivity index (χ0v) is 13.0. The molecule has 2 rings (SSSR count). The minimum Gasteiger partial charge on any atom is -0.491 e. The van der Waals surface area contributed by atoms with Gasteiger partial charge in [-0.2, -0.15) is 0 Å². The molecule has 0 aliphatic rings. The van der Waals surface area contributed by atoms with E-state index in [2.05, 4.69) is 0 Å². The smallest absolute Gasteiger partial charge is 0.122 e. The molecule has 0 saturated heterocycles. The molecule has 126 valence electrons. The van der Waals surface area contributed by atoms with Gasteiger partial charge >= 0.3 is 0 Å². The number of ether oxygens (including phenoxy) is 2. The fourth-order valence-electron chi connectivity index (χ4n) is 1.89. The number of amidine groups is 2. The lowest BCUT2D eigenvalue weighted by atomic mass is 10.2. The summed E-state index contributed by atoms with van der Waals surface area (Å²) in [6.45, 7) is 0.149. The Balaban J connectivity index is 1.77. The Hall–Kier alpha value is -3.06. The second-order valence-corrected chi connectivity index (χ2v) is 5.15. The molecule has 7 nitrogen and oxygen atoms in total. The Morgan fingerprint density at radius 2 is 1.12 bits per heavy atom. The van der Waals surface area contributed by atoms with Crippen LogP contribution in [0.4, 0.5) is 0 Å². The average Bonchev–Trinajstić information content (AvgIpc) is 2.58. The zero-order valence-electron chi connectivity index (χ0n) is 13.0. The molecule has 0 heterocycles. The van der Waals surface area contributed by atoms with Crippen LogP contribution in [0.3, 0.4) is 0 Å². The van der Waals surface area contributed by atoms with Gasteiger partial charge in [0.2, 0.25) is 0 Å². The molecular formula is C17H20N4O3. The molecule has 0 saturated carbocycles. The lowest BCUT2D eigenvalue weighted by Crippen LogP contribution is -2.25. The van der Waals surface area contributed by atoms with E-state index in [0.29, 0.717) is 22.6 Å². The number of hydrogen-bond acceptors (Lipinski definition) is 5. The maximum atomic E-state index is 9.90. The van der Waals surface area contributed by atoms with Crippen LogP contribution in [-0.2, 0) is 0 Å². The van der Waals surface area contributed by atoms with Crippen LogP contribution in [0, 0.1) is 10.8 Å². The van der Waals surface area contributed by atoms with Gasteiger partial charge in [0.1, 0.15) is 42.5 Å². The second-order valence-electron chi connectivity index (χ2n) is 5.15. The number of nitrogens with one attached hydrogen (secondary N) is 2. The fourth-order valence-corrected chi connectivity index (χ4v) is 1.89. The molecule has 0 fully saturated rings. The van der Waals surface area contributed by atoms with Crippen molar-refractivity contribution in [1.82, 2.24) is 0 Å². The Labute approximate surface area is 139 Å². The third-order valence-corrected chi connectivity index (χ3v) is 3.22. The van der Waals surface area contributed by atoms with Gasteiger partial charge in [-0.3, -0.25) is 10.8 Å². The molecule has 7 N–H and O–H groups in total. The molecule has 7 heteroatoms. The summed E-state index contributed by atoms with van der Waals surface area (Å²) in [5.74, 6) is 1.13. The van der Waals surface area contributed by atoms with Gasteiger partial charge in [0, 0.05) is 11.1 Å². The first-order valence-corrected chi connectivity index (χ1v) is 7.28. The van der Waals surface area contributed by atoms with Crippen molar-refractivity contribution in [2.24, 2.45) is 11.5 Å². The minimum atomic E-state index is -0.801. The van der Waals surface area contributed by atoms with E-state index in [0.717, 1.165) is 0 Å². The van der Waals surface area contributed by atoms with Crippen LogP contribution in [-0.4, -0.2) is 36.1 Å². The van der Waals surface area contributed by atoms with Crippen molar-refractivity contribution in [2.45, 2.75) is 6.10 Å². The van der Waals surface area contributed by atoms with E-state index in [1.165, 1.54) is 0 Å². The highest BCUT2D eigenvalue weighted by atomic mass is 16.5. The monoisotopic (exact) mass is 328 g/mol. The quantitative estimate of drug-likeness (QED) is 0.364. The van der Waals surface area contributed by atoms with E-state index < -0.39 is 6.10 Å². The van der Waals surface area contributed by atoms with E-state index in [1.807, 2.05) is 0 Å². The van der Waals surface area contributed by atoms with Crippen LogP contribution in [0.2, 0.25) is 0 Å². The lowest BCUT2D eigenvalue weighted by molar-refractivity contribution is 0.0626. The molecule has 0 aromatic heterocycles. The Morgan fingerprint density at radius 1 is 0.792 bits per heavy atom. The normalized spacial score (nSPS) is 11.5. The maximum Gasteiger partial charge on any atom is 0.122 e. The average molecular weight is 328 g/mol. The van der Waals surface area contributed by atoms with Crippen molar-refractivity contribution >= 4 is 11.7 Å². The summed E-state index contributed by atoms with van der Waals surface area (Å²) in [6, 6.07) is 13.5. The van der Waals surface area contributed by atoms with Gasteiger partial charge in [-0.15, -0.1) is 0 Å². The predicted molar refractivity (Wildman–Crippen MR) is 91.9 cm³/mol. The molecule has 0 spiro atoms. The number of aliphatic hydroxyl groups is 1. The van der Waals surface area contributed by atoms with Crippen LogP contribution in [0.15, 0.2) is 48.5 Å². The van der Waals surface area contributed by atoms with Crippen LogP contribution in [0.25, 0.3) is 0 Å². The summed E-state index contributed by atoms with van der Waals surface area (Å²) in [7, 11) is 0. The molecule has 0 bridgehead atoms. The van der Waals surface area contributed by atoms with E-state index in [1.54, 1.807) is 48.5 Å².